The van der Waals surface area contributed by atoms with E-state index in [1.807, 2.05) is 71.7 Å². The van der Waals surface area contributed by atoms with Gasteiger partial charge in [0.25, 0.3) is 0 Å². The summed E-state index contributed by atoms with van der Waals surface area (Å²) in [6.45, 7) is 1.34. The molecular weight excluding hydrogens is 453 g/mol. The van der Waals surface area contributed by atoms with Gasteiger partial charge in [0.2, 0.25) is 0 Å². The Morgan fingerprint density at radius 3 is 2.30 bits per heavy atom. The number of methoxy groups -OCH3 is 1. The molecule has 0 saturated heterocycles. The molecule has 3 rings (SSSR count). The maximum Gasteiger partial charge on any atom is 0.191 e. The average molecular weight is 477 g/mol. The normalized spacial score (nSPS) is 10.8. The molecule has 0 aliphatic heterocycles. The number of hydrogen-bond donors (Lipinski definition) is 2. The molecule has 0 unspecified atom stereocenters. The highest BCUT2D eigenvalue weighted by Gasteiger charge is 2.03. The number of benzene rings is 2. The van der Waals surface area contributed by atoms with Gasteiger partial charge in [0.1, 0.15) is 5.75 Å². The van der Waals surface area contributed by atoms with Crippen LogP contribution in [0.5, 0.6) is 5.75 Å². The highest BCUT2D eigenvalue weighted by molar-refractivity contribution is 14.0. The molecule has 0 aliphatic carbocycles. The van der Waals surface area contributed by atoms with Crippen LogP contribution in [0, 0.1) is 0 Å². The van der Waals surface area contributed by atoms with Gasteiger partial charge in [-0.1, -0.05) is 30.3 Å². The zero-order chi connectivity index (χ0) is 18.2. The minimum atomic E-state index is 0. The second-order valence-corrected chi connectivity index (χ2v) is 5.76. The Morgan fingerprint density at radius 2 is 1.67 bits per heavy atom. The zero-order valence-corrected chi connectivity index (χ0v) is 17.8. The minimum absolute atomic E-state index is 0. The predicted molar refractivity (Wildman–Crippen MR) is 119 cm³/mol. The first-order valence-electron chi connectivity index (χ1n) is 8.45. The van der Waals surface area contributed by atoms with E-state index in [1.54, 1.807) is 14.2 Å². The van der Waals surface area contributed by atoms with E-state index in [2.05, 4.69) is 20.7 Å². The van der Waals surface area contributed by atoms with Crippen molar-refractivity contribution in [3.8, 4) is 11.4 Å². The van der Waals surface area contributed by atoms with Crippen LogP contribution in [0.15, 0.2) is 72.0 Å². The molecule has 3 aromatic rings. The van der Waals surface area contributed by atoms with Gasteiger partial charge in [0, 0.05) is 31.9 Å². The molecule has 1 aromatic heterocycles. The highest BCUT2D eigenvalue weighted by Crippen LogP contribution is 2.11. The Morgan fingerprint density at radius 1 is 1.00 bits per heavy atom. The van der Waals surface area contributed by atoms with Crippen LogP contribution >= 0.6 is 24.0 Å². The number of hydrogen-bond acceptors (Lipinski definition) is 3. The van der Waals surface area contributed by atoms with Crippen molar-refractivity contribution < 1.29 is 4.74 Å². The van der Waals surface area contributed by atoms with Crippen LogP contribution in [-0.4, -0.2) is 29.9 Å². The monoisotopic (exact) mass is 477 g/mol. The Hall–Kier alpha value is -2.55. The molecule has 0 radical (unpaired) electrons. The molecule has 0 spiro atoms. The summed E-state index contributed by atoms with van der Waals surface area (Å²) in [6.07, 6.45) is 3.87. The molecule has 1 heterocycles. The molecule has 0 amide bonds. The molecule has 142 valence electrons. The van der Waals surface area contributed by atoms with Gasteiger partial charge in [-0.3, -0.25) is 4.99 Å². The Bertz CT molecular complexity index is 846. The smallest absolute Gasteiger partial charge is 0.191 e. The van der Waals surface area contributed by atoms with Crippen molar-refractivity contribution in [2.24, 2.45) is 4.99 Å². The van der Waals surface area contributed by atoms with Gasteiger partial charge < -0.3 is 15.4 Å². The van der Waals surface area contributed by atoms with Crippen molar-refractivity contribution in [2.45, 2.75) is 13.1 Å². The fourth-order valence-corrected chi connectivity index (χ4v) is 2.51. The second-order valence-electron chi connectivity index (χ2n) is 5.76. The molecule has 2 aromatic carbocycles. The lowest BCUT2D eigenvalue weighted by Crippen LogP contribution is -2.36. The maximum atomic E-state index is 5.17. The van der Waals surface area contributed by atoms with Crippen LogP contribution in [0.2, 0.25) is 0 Å². The number of nitrogens with zero attached hydrogens (tertiary/aromatic N) is 3. The Labute approximate surface area is 176 Å². The number of ether oxygens (including phenoxy) is 1. The third kappa shape index (κ3) is 5.99. The zero-order valence-electron chi connectivity index (χ0n) is 15.4. The van der Waals surface area contributed by atoms with Crippen LogP contribution in [0.3, 0.4) is 0 Å². The summed E-state index contributed by atoms with van der Waals surface area (Å²) in [5.74, 6) is 1.60. The first-order chi connectivity index (χ1) is 12.8. The fourth-order valence-electron chi connectivity index (χ4n) is 2.51. The topological polar surface area (TPSA) is 63.5 Å². The van der Waals surface area contributed by atoms with E-state index in [0.717, 1.165) is 28.5 Å². The Balaban J connectivity index is 0.00000261. The van der Waals surface area contributed by atoms with Crippen LogP contribution in [0.4, 0.5) is 0 Å². The molecule has 7 heteroatoms. The largest absolute Gasteiger partial charge is 0.497 e. The second kappa shape index (κ2) is 10.6. The van der Waals surface area contributed by atoms with Crippen LogP contribution in [0.1, 0.15) is 11.1 Å². The number of aromatic nitrogens is 2. The van der Waals surface area contributed by atoms with Gasteiger partial charge >= 0.3 is 0 Å². The number of para-hydroxylation sites is 1. The third-order valence-corrected chi connectivity index (χ3v) is 3.96. The summed E-state index contributed by atoms with van der Waals surface area (Å²) < 4.78 is 7.04. The standard InChI is InChI=1S/C20H23N5O.HI/c1-21-20(22-12-16-8-10-19(26-2)11-9-16)23-13-17-14-24-25(15-17)18-6-4-3-5-7-18;/h3-11,14-15H,12-13H2,1-2H3,(H2,21,22,23);1H. The van der Waals surface area contributed by atoms with E-state index in [1.165, 1.54) is 0 Å². The van der Waals surface area contributed by atoms with E-state index in [0.29, 0.717) is 13.1 Å². The SMILES string of the molecule is CN=C(NCc1ccc(OC)cc1)NCc1cnn(-c2ccccc2)c1.I. The molecule has 27 heavy (non-hydrogen) atoms. The van der Waals surface area contributed by atoms with Crippen molar-refractivity contribution in [1.29, 1.82) is 0 Å². The molecule has 2 N–H and O–H groups in total. The van der Waals surface area contributed by atoms with Gasteiger partial charge in [0.05, 0.1) is 19.0 Å². The lowest BCUT2D eigenvalue weighted by molar-refractivity contribution is 0.414. The fraction of sp³-hybridized carbons (Fsp3) is 0.200. The average Bonchev–Trinajstić information content (AvgIpc) is 3.18. The van der Waals surface area contributed by atoms with Gasteiger partial charge in [0.15, 0.2) is 5.96 Å². The molecule has 0 fully saturated rings. The summed E-state index contributed by atoms with van der Waals surface area (Å²) in [5.41, 5.74) is 3.28. The van der Waals surface area contributed by atoms with Crippen LogP contribution < -0.4 is 15.4 Å². The number of guanidine groups is 1. The third-order valence-electron chi connectivity index (χ3n) is 3.96. The van der Waals surface area contributed by atoms with Gasteiger partial charge in [-0.15, -0.1) is 24.0 Å². The van der Waals surface area contributed by atoms with Gasteiger partial charge in [-0.2, -0.15) is 5.10 Å². The summed E-state index contributed by atoms with van der Waals surface area (Å²) in [5, 5.41) is 11.0. The maximum absolute atomic E-state index is 5.17. The molecular formula is C20H24IN5O. The molecule has 0 saturated carbocycles. The van der Waals surface area contributed by atoms with Crippen LogP contribution in [-0.2, 0) is 13.1 Å². The van der Waals surface area contributed by atoms with Gasteiger partial charge in [-0.25, -0.2) is 4.68 Å². The number of rotatable bonds is 6. The molecule has 6 nitrogen and oxygen atoms in total. The van der Waals surface area contributed by atoms with Crippen LogP contribution in [0.25, 0.3) is 5.69 Å². The quantitative estimate of drug-likeness (QED) is 0.325. The summed E-state index contributed by atoms with van der Waals surface area (Å²) in [6, 6.07) is 18.0. The number of aliphatic imine (C=N–C) groups is 1. The summed E-state index contributed by atoms with van der Waals surface area (Å²) in [4.78, 5) is 4.26. The first-order valence-corrected chi connectivity index (χ1v) is 8.45. The van der Waals surface area contributed by atoms with Crippen molar-refractivity contribution in [1.82, 2.24) is 20.4 Å². The van der Waals surface area contributed by atoms with Crippen molar-refractivity contribution in [3.63, 3.8) is 0 Å². The van der Waals surface area contributed by atoms with E-state index < -0.39 is 0 Å². The summed E-state index contributed by atoms with van der Waals surface area (Å²) in [7, 11) is 3.43. The lowest BCUT2D eigenvalue weighted by Gasteiger charge is -2.11. The number of halogens is 1. The van der Waals surface area contributed by atoms with Crippen molar-refractivity contribution in [3.05, 3.63) is 78.1 Å². The predicted octanol–water partition coefficient (Wildman–Crippen LogP) is 3.36. The van der Waals surface area contributed by atoms with E-state index >= 15 is 0 Å². The molecule has 0 bridgehead atoms. The number of nitrogens with one attached hydrogen (secondary N) is 2. The lowest BCUT2D eigenvalue weighted by atomic mass is 10.2. The highest BCUT2D eigenvalue weighted by atomic mass is 127. The van der Waals surface area contributed by atoms with E-state index in [9.17, 15) is 0 Å². The van der Waals surface area contributed by atoms with Crippen molar-refractivity contribution >= 4 is 29.9 Å². The summed E-state index contributed by atoms with van der Waals surface area (Å²) >= 11 is 0. The molecule has 0 atom stereocenters. The minimum Gasteiger partial charge on any atom is -0.497 e. The van der Waals surface area contributed by atoms with Crippen molar-refractivity contribution in [2.75, 3.05) is 14.2 Å². The van der Waals surface area contributed by atoms with E-state index in [4.69, 9.17) is 4.74 Å². The van der Waals surface area contributed by atoms with Gasteiger partial charge in [-0.05, 0) is 29.8 Å². The first kappa shape index (κ1) is 20.8. The Kier molecular flexibility index (Phi) is 8.12. The van der Waals surface area contributed by atoms with E-state index in [-0.39, 0.29) is 24.0 Å². The molecule has 0 aliphatic rings.